The Balaban J connectivity index is 2.00. The summed E-state index contributed by atoms with van der Waals surface area (Å²) >= 11 is 1.59. The number of aromatic amines is 1. The van der Waals surface area contributed by atoms with Crippen LogP contribution in [-0.4, -0.2) is 22.5 Å². The Hall–Kier alpha value is -1.95. The first-order valence-corrected chi connectivity index (χ1v) is 7.90. The Morgan fingerprint density at radius 1 is 1.43 bits per heavy atom. The van der Waals surface area contributed by atoms with Crippen molar-refractivity contribution in [3.8, 4) is 0 Å². The van der Waals surface area contributed by atoms with Crippen molar-refractivity contribution in [2.24, 2.45) is 0 Å². The predicted octanol–water partition coefficient (Wildman–Crippen LogP) is 2.44. The lowest BCUT2D eigenvalue weighted by atomic mass is 9.97. The standard InChI is InChI=1S/C15H16N2O3S/c1-2-20-12(18)8-7-11-16-14(19)13-9-5-3-4-6-10(9)21-15(13)17-11/h7-8H,2-6H2,1H3,(H,16,17,19). The number of hydrogen-bond donors (Lipinski definition) is 1. The minimum atomic E-state index is -0.439. The molecule has 3 rings (SSSR count). The Morgan fingerprint density at radius 2 is 2.24 bits per heavy atom. The molecule has 2 aromatic heterocycles. The fraction of sp³-hybridized carbons (Fsp3) is 0.400. The van der Waals surface area contributed by atoms with E-state index in [0.29, 0.717) is 12.4 Å². The maximum absolute atomic E-state index is 12.3. The van der Waals surface area contributed by atoms with Crippen molar-refractivity contribution >= 4 is 33.6 Å². The number of carbonyl (C=O) groups is 1. The fourth-order valence-corrected chi connectivity index (χ4v) is 3.87. The minimum absolute atomic E-state index is 0.122. The third-order valence-electron chi connectivity index (χ3n) is 3.51. The van der Waals surface area contributed by atoms with E-state index in [1.165, 1.54) is 23.5 Å². The van der Waals surface area contributed by atoms with Gasteiger partial charge in [-0.05, 0) is 44.2 Å². The summed E-state index contributed by atoms with van der Waals surface area (Å²) in [5, 5.41) is 0.725. The number of esters is 1. The van der Waals surface area contributed by atoms with Crippen LogP contribution in [0.2, 0.25) is 0 Å². The summed E-state index contributed by atoms with van der Waals surface area (Å²) in [6.45, 7) is 2.07. The Bertz CT molecular complexity index is 773. The largest absolute Gasteiger partial charge is 0.463 e. The first-order valence-electron chi connectivity index (χ1n) is 7.08. The molecule has 2 aromatic rings. The van der Waals surface area contributed by atoms with Gasteiger partial charge in [0.1, 0.15) is 10.7 Å². The maximum atomic E-state index is 12.3. The number of ether oxygens (including phenoxy) is 1. The van der Waals surface area contributed by atoms with Crippen LogP contribution in [-0.2, 0) is 22.4 Å². The Morgan fingerprint density at radius 3 is 3.05 bits per heavy atom. The van der Waals surface area contributed by atoms with E-state index in [9.17, 15) is 9.59 Å². The normalized spacial score (nSPS) is 14.5. The van der Waals surface area contributed by atoms with E-state index in [-0.39, 0.29) is 5.56 Å². The molecular formula is C15H16N2O3S. The quantitative estimate of drug-likeness (QED) is 0.698. The average Bonchev–Trinajstić information content (AvgIpc) is 2.84. The lowest BCUT2D eigenvalue weighted by Gasteiger charge is -2.09. The van der Waals surface area contributed by atoms with Crippen LogP contribution in [0.15, 0.2) is 10.9 Å². The molecule has 2 heterocycles. The number of aryl methyl sites for hydroxylation is 2. The van der Waals surface area contributed by atoms with Crippen molar-refractivity contribution in [2.75, 3.05) is 6.61 Å². The molecule has 0 fully saturated rings. The molecule has 6 heteroatoms. The van der Waals surface area contributed by atoms with Gasteiger partial charge in [-0.1, -0.05) is 0 Å². The monoisotopic (exact) mass is 304 g/mol. The molecule has 110 valence electrons. The number of hydrogen-bond acceptors (Lipinski definition) is 5. The Kier molecular flexibility index (Phi) is 3.88. The molecule has 0 aliphatic heterocycles. The van der Waals surface area contributed by atoms with Gasteiger partial charge in [0.2, 0.25) is 0 Å². The molecular weight excluding hydrogens is 288 g/mol. The molecule has 0 spiro atoms. The van der Waals surface area contributed by atoms with Crippen LogP contribution in [0, 0.1) is 0 Å². The molecule has 21 heavy (non-hydrogen) atoms. The molecule has 0 saturated carbocycles. The first kappa shape index (κ1) is 14.0. The van der Waals surface area contributed by atoms with E-state index in [2.05, 4.69) is 9.97 Å². The van der Waals surface area contributed by atoms with Crippen LogP contribution in [0.4, 0.5) is 0 Å². The van der Waals surface area contributed by atoms with Gasteiger partial charge in [-0.15, -0.1) is 11.3 Å². The number of aromatic nitrogens is 2. The van der Waals surface area contributed by atoms with Gasteiger partial charge in [-0.3, -0.25) is 4.79 Å². The summed E-state index contributed by atoms with van der Waals surface area (Å²) < 4.78 is 4.80. The van der Waals surface area contributed by atoms with Crippen molar-refractivity contribution in [3.63, 3.8) is 0 Å². The van der Waals surface area contributed by atoms with Crippen LogP contribution in [0.3, 0.4) is 0 Å². The second-order valence-corrected chi connectivity index (χ2v) is 6.01. The molecule has 5 nitrogen and oxygen atoms in total. The highest BCUT2D eigenvalue weighted by Gasteiger charge is 2.19. The second kappa shape index (κ2) is 5.81. The van der Waals surface area contributed by atoms with E-state index in [1.807, 2.05) is 0 Å². The highest BCUT2D eigenvalue weighted by atomic mass is 32.1. The minimum Gasteiger partial charge on any atom is -0.463 e. The van der Waals surface area contributed by atoms with E-state index in [4.69, 9.17) is 4.74 Å². The number of thiophene rings is 1. The molecule has 0 unspecified atom stereocenters. The van der Waals surface area contributed by atoms with E-state index >= 15 is 0 Å². The summed E-state index contributed by atoms with van der Waals surface area (Å²) in [6.07, 6.45) is 7.05. The number of nitrogens with zero attached hydrogens (tertiary/aromatic N) is 1. The Labute approximate surface area is 125 Å². The average molecular weight is 304 g/mol. The molecule has 0 aromatic carbocycles. The van der Waals surface area contributed by atoms with Gasteiger partial charge in [0.15, 0.2) is 0 Å². The zero-order valence-corrected chi connectivity index (χ0v) is 12.6. The summed E-state index contributed by atoms with van der Waals surface area (Å²) in [6, 6.07) is 0. The number of carbonyl (C=O) groups excluding carboxylic acids is 1. The maximum Gasteiger partial charge on any atom is 0.330 e. The van der Waals surface area contributed by atoms with Gasteiger partial charge in [-0.25, -0.2) is 9.78 Å². The number of nitrogens with one attached hydrogen (secondary N) is 1. The topological polar surface area (TPSA) is 72.0 Å². The van der Waals surface area contributed by atoms with Crippen LogP contribution < -0.4 is 5.56 Å². The van der Waals surface area contributed by atoms with Gasteiger partial charge < -0.3 is 9.72 Å². The lowest BCUT2D eigenvalue weighted by Crippen LogP contribution is -2.11. The molecule has 1 aliphatic rings. The SMILES string of the molecule is CCOC(=O)C=Cc1nc2sc3c(c2c(=O)[nH]1)CCCC3. The van der Waals surface area contributed by atoms with Crippen molar-refractivity contribution in [1.29, 1.82) is 0 Å². The van der Waals surface area contributed by atoms with Gasteiger partial charge in [0.25, 0.3) is 5.56 Å². The lowest BCUT2D eigenvalue weighted by molar-refractivity contribution is -0.137. The fourth-order valence-electron chi connectivity index (χ4n) is 2.60. The van der Waals surface area contributed by atoms with Crippen molar-refractivity contribution < 1.29 is 9.53 Å². The number of fused-ring (bicyclic) bond motifs is 3. The predicted molar refractivity (Wildman–Crippen MR) is 82.5 cm³/mol. The highest BCUT2D eigenvalue weighted by molar-refractivity contribution is 7.18. The van der Waals surface area contributed by atoms with Crippen LogP contribution >= 0.6 is 11.3 Å². The van der Waals surface area contributed by atoms with Gasteiger partial charge in [-0.2, -0.15) is 0 Å². The third kappa shape index (κ3) is 2.76. The van der Waals surface area contributed by atoms with E-state index < -0.39 is 5.97 Å². The molecule has 0 amide bonds. The van der Waals surface area contributed by atoms with Gasteiger partial charge >= 0.3 is 5.97 Å². The van der Waals surface area contributed by atoms with Crippen LogP contribution in [0.25, 0.3) is 16.3 Å². The summed E-state index contributed by atoms with van der Waals surface area (Å²) in [7, 11) is 0. The molecule has 0 atom stereocenters. The van der Waals surface area contributed by atoms with Gasteiger partial charge in [0.05, 0.1) is 12.0 Å². The zero-order chi connectivity index (χ0) is 14.8. The molecule has 1 aliphatic carbocycles. The summed E-state index contributed by atoms with van der Waals surface area (Å²) in [5.74, 6) is -0.0510. The number of rotatable bonds is 3. The van der Waals surface area contributed by atoms with Crippen LogP contribution in [0.5, 0.6) is 0 Å². The van der Waals surface area contributed by atoms with E-state index in [1.54, 1.807) is 18.3 Å². The molecule has 0 bridgehead atoms. The van der Waals surface area contributed by atoms with E-state index in [0.717, 1.165) is 35.0 Å². The summed E-state index contributed by atoms with van der Waals surface area (Å²) in [5.41, 5.74) is 1.04. The van der Waals surface area contributed by atoms with Crippen molar-refractivity contribution in [2.45, 2.75) is 32.6 Å². The first-order chi connectivity index (χ1) is 10.2. The van der Waals surface area contributed by atoms with Gasteiger partial charge in [0, 0.05) is 11.0 Å². The third-order valence-corrected chi connectivity index (χ3v) is 4.69. The molecule has 1 N–H and O–H groups in total. The zero-order valence-electron chi connectivity index (χ0n) is 11.8. The highest BCUT2D eigenvalue weighted by Crippen LogP contribution is 2.33. The van der Waals surface area contributed by atoms with Crippen molar-refractivity contribution in [1.82, 2.24) is 9.97 Å². The summed E-state index contributed by atoms with van der Waals surface area (Å²) in [4.78, 5) is 32.8. The van der Waals surface area contributed by atoms with Crippen molar-refractivity contribution in [3.05, 3.63) is 32.7 Å². The smallest absolute Gasteiger partial charge is 0.330 e. The van der Waals surface area contributed by atoms with Crippen LogP contribution in [0.1, 0.15) is 36.0 Å². The second-order valence-electron chi connectivity index (χ2n) is 4.93. The molecule has 0 saturated heterocycles. The number of H-pyrrole nitrogens is 1. The molecule has 0 radical (unpaired) electrons.